The third-order valence-corrected chi connectivity index (χ3v) is 4.51. The molecule has 2 aromatic carbocycles. The van der Waals surface area contributed by atoms with Gasteiger partial charge >= 0.3 is 5.97 Å². The van der Waals surface area contributed by atoms with Crippen LogP contribution in [0.15, 0.2) is 60.8 Å². The lowest BCUT2D eigenvalue weighted by molar-refractivity contribution is 0.0519. The zero-order valence-corrected chi connectivity index (χ0v) is 16.6. The molecule has 2 aromatic heterocycles. The molecule has 30 heavy (non-hydrogen) atoms. The molecular formula is C23H20N4O3. The van der Waals surface area contributed by atoms with Crippen LogP contribution < -0.4 is 4.74 Å². The number of hydrogen-bond donors (Lipinski definition) is 0. The van der Waals surface area contributed by atoms with Gasteiger partial charge in [-0.1, -0.05) is 42.5 Å². The summed E-state index contributed by atoms with van der Waals surface area (Å²) < 4.78 is 12.0. The molecule has 150 valence electrons. The Labute approximate surface area is 173 Å². The summed E-state index contributed by atoms with van der Waals surface area (Å²) >= 11 is 0. The average molecular weight is 400 g/mol. The van der Waals surface area contributed by atoms with E-state index in [1.807, 2.05) is 60.7 Å². The van der Waals surface area contributed by atoms with Crippen molar-refractivity contribution in [3.8, 4) is 11.6 Å². The highest BCUT2D eigenvalue weighted by Gasteiger charge is 2.17. The molecule has 0 fully saturated rings. The van der Waals surface area contributed by atoms with Crippen molar-refractivity contribution in [2.75, 3.05) is 13.7 Å². The average Bonchev–Trinajstić information content (AvgIpc) is 3.22. The Hall–Kier alpha value is -4.00. The second-order valence-electron chi connectivity index (χ2n) is 6.45. The van der Waals surface area contributed by atoms with Crippen LogP contribution in [0.4, 0.5) is 0 Å². The van der Waals surface area contributed by atoms with Crippen molar-refractivity contribution in [3.05, 3.63) is 77.7 Å². The lowest BCUT2D eigenvalue weighted by atomic mass is 10.1. The maximum absolute atomic E-state index is 12.3. The fraction of sp³-hybridized carbons (Fsp3) is 0.130. The van der Waals surface area contributed by atoms with Crippen molar-refractivity contribution in [2.24, 2.45) is 0 Å². The van der Waals surface area contributed by atoms with Crippen molar-refractivity contribution < 1.29 is 14.3 Å². The molecule has 2 heterocycles. The minimum absolute atomic E-state index is 0.205. The standard InChI is InChI=1S/C23H20N4O3/c1-3-30-23(28)21-14-18(12-11-16-7-6-9-19(13-16)29-2)27(26-21)22-20-10-5-4-8-17(20)15-24-25-22/h4-15H,3H2,1-2H3. The monoisotopic (exact) mass is 400 g/mol. The maximum Gasteiger partial charge on any atom is 0.358 e. The number of nitrogens with zero attached hydrogens (tertiary/aromatic N) is 4. The third kappa shape index (κ3) is 3.91. The van der Waals surface area contributed by atoms with E-state index in [0.29, 0.717) is 11.5 Å². The van der Waals surface area contributed by atoms with E-state index in [1.165, 1.54) is 0 Å². The van der Waals surface area contributed by atoms with Gasteiger partial charge in [0.15, 0.2) is 11.5 Å². The molecule has 0 aliphatic heterocycles. The lowest BCUT2D eigenvalue weighted by Gasteiger charge is -2.06. The number of methoxy groups -OCH3 is 1. The Balaban J connectivity index is 1.82. The summed E-state index contributed by atoms with van der Waals surface area (Å²) in [5, 5.41) is 14.6. The van der Waals surface area contributed by atoms with Gasteiger partial charge in [0.1, 0.15) is 5.75 Å². The Bertz CT molecular complexity index is 1220. The first kappa shape index (κ1) is 19.3. The van der Waals surface area contributed by atoms with Crippen LogP contribution in [0.2, 0.25) is 0 Å². The Morgan fingerprint density at radius 1 is 1.10 bits per heavy atom. The molecular weight excluding hydrogens is 380 g/mol. The minimum Gasteiger partial charge on any atom is -0.497 e. The van der Waals surface area contributed by atoms with Crippen molar-refractivity contribution in [1.82, 2.24) is 20.0 Å². The number of carbonyl (C=O) groups excluding carboxylic acids is 1. The van der Waals surface area contributed by atoms with E-state index < -0.39 is 5.97 Å². The number of fused-ring (bicyclic) bond motifs is 1. The molecule has 0 N–H and O–H groups in total. The topological polar surface area (TPSA) is 79.1 Å². The molecule has 7 heteroatoms. The fourth-order valence-electron chi connectivity index (χ4n) is 3.08. The molecule has 0 saturated heterocycles. The largest absolute Gasteiger partial charge is 0.497 e. The molecule has 4 aromatic rings. The predicted octanol–water partition coefficient (Wildman–Crippen LogP) is 4.17. The number of rotatable bonds is 6. The summed E-state index contributed by atoms with van der Waals surface area (Å²) in [7, 11) is 1.63. The highest BCUT2D eigenvalue weighted by Crippen LogP contribution is 2.22. The van der Waals surface area contributed by atoms with Crippen LogP contribution in [0.5, 0.6) is 5.75 Å². The first-order valence-electron chi connectivity index (χ1n) is 9.49. The molecule has 0 saturated carbocycles. The van der Waals surface area contributed by atoms with Crippen LogP contribution >= 0.6 is 0 Å². The quantitative estimate of drug-likeness (QED) is 0.452. The Morgan fingerprint density at radius 3 is 2.80 bits per heavy atom. The molecule has 0 spiro atoms. The SMILES string of the molecule is CCOC(=O)c1cc(C=Cc2cccc(OC)c2)n(-c2nncc3ccccc23)n1. The molecule has 7 nitrogen and oxygen atoms in total. The van der Waals surface area contributed by atoms with E-state index in [0.717, 1.165) is 22.1 Å². The lowest BCUT2D eigenvalue weighted by Crippen LogP contribution is -2.08. The zero-order chi connectivity index (χ0) is 20.9. The Morgan fingerprint density at radius 2 is 1.97 bits per heavy atom. The van der Waals surface area contributed by atoms with Crippen molar-refractivity contribution in [3.63, 3.8) is 0 Å². The van der Waals surface area contributed by atoms with Crippen LogP contribution in [-0.4, -0.2) is 39.7 Å². The first-order valence-corrected chi connectivity index (χ1v) is 9.49. The highest BCUT2D eigenvalue weighted by molar-refractivity contribution is 5.90. The van der Waals surface area contributed by atoms with Crippen LogP contribution in [0.3, 0.4) is 0 Å². The van der Waals surface area contributed by atoms with Gasteiger partial charge in [0.05, 0.1) is 25.6 Å². The number of esters is 1. The smallest absolute Gasteiger partial charge is 0.358 e. The van der Waals surface area contributed by atoms with Gasteiger partial charge in [0, 0.05) is 10.8 Å². The van der Waals surface area contributed by atoms with E-state index in [9.17, 15) is 4.79 Å². The molecule has 0 aliphatic carbocycles. The zero-order valence-electron chi connectivity index (χ0n) is 16.6. The van der Waals surface area contributed by atoms with Gasteiger partial charge in [0.25, 0.3) is 0 Å². The number of ether oxygens (including phenoxy) is 2. The van der Waals surface area contributed by atoms with E-state index in [2.05, 4.69) is 15.3 Å². The van der Waals surface area contributed by atoms with E-state index in [4.69, 9.17) is 9.47 Å². The first-order chi connectivity index (χ1) is 14.7. The van der Waals surface area contributed by atoms with Gasteiger partial charge in [0.2, 0.25) is 0 Å². The van der Waals surface area contributed by atoms with Gasteiger partial charge in [-0.15, -0.1) is 5.10 Å². The summed E-state index contributed by atoms with van der Waals surface area (Å²) in [5.74, 6) is 0.812. The van der Waals surface area contributed by atoms with Crippen LogP contribution in [0.1, 0.15) is 28.7 Å². The summed E-state index contributed by atoms with van der Waals surface area (Å²) in [5.41, 5.74) is 1.83. The van der Waals surface area contributed by atoms with E-state index >= 15 is 0 Å². The molecule has 4 rings (SSSR count). The van der Waals surface area contributed by atoms with E-state index in [1.54, 1.807) is 31.0 Å². The highest BCUT2D eigenvalue weighted by atomic mass is 16.5. The van der Waals surface area contributed by atoms with Crippen LogP contribution in [0, 0.1) is 0 Å². The van der Waals surface area contributed by atoms with Crippen molar-refractivity contribution in [2.45, 2.75) is 6.92 Å². The van der Waals surface area contributed by atoms with Gasteiger partial charge in [-0.05, 0) is 36.8 Å². The summed E-state index contributed by atoms with van der Waals surface area (Å²) in [6, 6.07) is 17.1. The normalized spacial score (nSPS) is 11.1. The molecule has 0 bridgehead atoms. The van der Waals surface area contributed by atoms with E-state index in [-0.39, 0.29) is 12.3 Å². The number of aromatic nitrogens is 4. The van der Waals surface area contributed by atoms with Crippen molar-refractivity contribution >= 4 is 28.9 Å². The minimum atomic E-state index is -0.486. The van der Waals surface area contributed by atoms with Gasteiger partial charge in [-0.3, -0.25) is 0 Å². The summed E-state index contributed by atoms with van der Waals surface area (Å²) in [4.78, 5) is 12.3. The second kappa shape index (κ2) is 8.57. The molecule has 0 radical (unpaired) electrons. The van der Waals surface area contributed by atoms with Crippen molar-refractivity contribution in [1.29, 1.82) is 0 Å². The number of hydrogen-bond acceptors (Lipinski definition) is 6. The third-order valence-electron chi connectivity index (χ3n) is 4.51. The Kier molecular flexibility index (Phi) is 5.52. The van der Waals surface area contributed by atoms with Gasteiger partial charge < -0.3 is 9.47 Å². The molecule has 0 unspecified atom stereocenters. The fourth-order valence-corrected chi connectivity index (χ4v) is 3.08. The van der Waals surface area contributed by atoms with Crippen LogP contribution in [0.25, 0.3) is 28.7 Å². The maximum atomic E-state index is 12.3. The number of benzene rings is 2. The molecule has 0 amide bonds. The molecule has 0 aliphatic rings. The van der Waals surface area contributed by atoms with Gasteiger partial charge in [-0.25, -0.2) is 9.48 Å². The van der Waals surface area contributed by atoms with Gasteiger partial charge in [-0.2, -0.15) is 10.2 Å². The van der Waals surface area contributed by atoms with Crippen LogP contribution in [-0.2, 0) is 4.74 Å². The molecule has 0 atom stereocenters. The second-order valence-corrected chi connectivity index (χ2v) is 6.45. The predicted molar refractivity (Wildman–Crippen MR) is 115 cm³/mol. The number of carbonyl (C=O) groups is 1. The summed E-state index contributed by atoms with van der Waals surface area (Å²) in [6.45, 7) is 2.03. The summed E-state index contributed by atoms with van der Waals surface area (Å²) in [6.07, 6.45) is 5.48.